The highest BCUT2D eigenvalue weighted by Crippen LogP contribution is 2.33. The number of nitrogens with one attached hydrogen (secondary N) is 1. The first-order chi connectivity index (χ1) is 16.6. The van der Waals surface area contributed by atoms with Gasteiger partial charge in [0.2, 0.25) is 0 Å². The lowest BCUT2D eigenvalue weighted by Gasteiger charge is -2.49. The van der Waals surface area contributed by atoms with Gasteiger partial charge in [0.15, 0.2) is 0 Å². The fourth-order valence-corrected chi connectivity index (χ4v) is 6.44. The molecule has 2 aliphatic rings. The van der Waals surface area contributed by atoms with Crippen LogP contribution in [0, 0.1) is 0 Å². The predicted octanol–water partition coefficient (Wildman–Crippen LogP) is 5.44. The summed E-state index contributed by atoms with van der Waals surface area (Å²) in [6, 6.07) is 10.7. The van der Waals surface area contributed by atoms with E-state index in [9.17, 15) is 13.2 Å². The number of carbonyl (C=O) groups excluding carboxylic acids is 1. The summed E-state index contributed by atoms with van der Waals surface area (Å²) >= 11 is 18.1. The molecule has 0 bridgehead atoms. The summed E-state index contributed by atoms with van der Waals surface area (Å²) in [4.78, 5) is 16.6. The zero-order valence-corrected chi connectivity index (χ0v) is 22.4. The predicted molar refractivity (Wildman–Crippen MR) is 138 cm³/mol. The van der Waals surface area contributed by atoms with E-state index in [4.69, 9.17) is 39.5 Å². The molecule has 2 amide bonds. The molecule has 0 aliphatic carbocycles. The van der Waals surface area contributed by atoms with Crippen molar-refractivity contribution < 1.29 is 17.9 Å². The number of likely N-dealkylation sites (tertiary alicyclic amines) is 2. The molecule has 0 spiro atoms. The quantitative estimate of drug-likeness (QED) is 0.527. The van der Waals surface area contributed by atoms with Crippen molar-refractivity contribution in [3.8, 4) is 5.75 Å². The van der Waals surface area contributed by atoms with Crippen LogP contribution in [0.4, 0.5) is 4.79 Å². The largest absolute Gasteiger partial charge is 0.490 e. The molecule has 0 aromatic heterocycles. The number of amides is 2. The molecule has 0 radical (unpaired) electrons. The second kappa shape index (κ2) is 10.7. The SMILES string of the molecule is CC1(N2CCC(Oc3ccc(Cl)c(Cl)c3)CC2)CCN(C(=O)NS(=O)(=O)c2ccccc2Cl)CC1. The topological polar surface area (TPSA) is 79.0 Å². The van der Waals surface area contributed by atoms with Gasteiger partial charge in [-0.25, -0.2) is 17.9 Å². The summed E-state index contributed by atoms with van der Waals surface area (Å²) in [6.45, 7) is 4.92. The third-order valence-electron chi connectivity index (χ3n) is 6.87. The Bertz CT molecular complexity index is 1180. The summed E-state index contributed by atoms with van der Waals surface area (Å²) in [6.07, 6.45) is 3.38. The average molecular weight is 561 g/mol. The Kier molecular flexibility index (Phi) is 8.08. The summed E-state index contributed by atoms with van der Waals surface area (Å²) in [5.41, 5.74) is -0.0626. The van der Waals surface area contributed by atoms with Crippen LogP contribution in [0.25, 0.3) is 0 Å². The van der Waals surface area contributed by atoms with Crippen molar-refractivity contribution in [1.29, 1.82) is 0 Å². The number of benzene rings is 2. The molecule has 0 saturated carbocycles. The molecule has 7 nitrogen and oxygen atoms in total. The van der Waals surface area contributed by atoms with Gasteiger partial charge in [-0.2, -0.15) is 0 Å². The summed E-state index contributed by atoms with van der Waals surface area (Å²) < 4.78 is 33.5. The van der Waals surface area contributed by atoms with E-state index in [2.05, 4.69) is 16.5 Å². The fourth-order valence-electron chi connectivity index (χ4n) is 4.66. The Labute approximate surface area is 221 Å². The van der Waals surface area contributed by atoms with E-state index in [1.54, 1.807) is 29.2 Å². The highest BCUT2D eigenvalue weighted by Gasteiger charge is 2.39. The van der Waals surface area contributed by atoms with E-state index >= 15 is 0 Å². The first kappa shape index (κ1) is 26.4. The van der Waals surface area contributed by atoms with Crippen LogP contribution >= 0.6 is 34.8 Å². The minimum absolute atomic E-state index is 0.0626. The molecule has 2 aromatic rings. The molecule has 1 N–H and O–H groups in total. The van der Waals surface area contributed by atoms with Crippen molar-refractivity contribution >= 4 is 50.9 Å². The molecule has 2 aliphatic heterocycles. The monoisotopic (exact) mass is 559 g/mol. The molecular weight excluding hydrogens is 533 g/mol. The van der Waals surface area contributed by atoms with Crippen LogP contribution in [0.2, 0.25) is 15.1 Å². The van der Waals surface area contributed by atoms with Crippen molar-refractivity contribution in [2.24, 2.45) is 0 Å². The van der Waals surface area contributed by atoms with E-state index in [0.29, 0.717) is 23.1 Å². The molecule has 11 heteroatoms. The number of ether oxygens (including phenoxy) is 1. The standard InChI is InChI=1S/C24H28Cl3N3O4S/c1-24(30-12-8-17(9-13-30)34-18-6-7-19(25)21(27)16-18)10-14-29(15-11-24)23(31)28-35(32,33)22-5-3-2-4-20(22)26/h2-7,16-17H,8-15H2,1H3,(H,28,31). The fraction of sp³-hybridized carbons (Fsp3) is 0.458. The van der Waals surface area contributed by atoms with Crippen LogP contribution in [-0.2, 0) is 10.0 Å². The van der Waals surface area contributed by atoms with Gasteiger partial charge in [0, 0.05) is 37.8 Å². The minimum atomic E-state index is -4.04. The zero-order valence-electron chi connectivity index (χ0n) is 19.3. The number of halogens is 3. The lowest BCUT2D eigenvalue weighted by atomic mass is 9.86. The van der Waals surface area contributed by atoms with E-state index in [1.807, 2.05) is 6.07 Å². The van der Waals surface area contributed by atoms with E-state index < -0.39 is 16.1 Å². The Hall–Kier alpha value is -1.71. The average Bonchev–Trinajstić information content (AvgIpc) is 2.82. The molecule has 2 saturated heterocycles. The van der Waals surface area contributed by atoms with Crippen molar-refractivity contribution in [3.63, 3.8) is 0 Å². The number of hydrogen-bond acceptors (Lipinski definition) is 5. The number of carbonyl (C=O) groups is 1. The maximum atomic E-state index is 12.7. The van der Waals surface area contributed by atoms with Crippen molar-refractivity contribution in [3.05, 3.63) is 57.5 Å². The lowest BCUT2D eigenvalue weighted by Crippen LogP contribution is -2.58. The van der Waals surface area contributed by atoms with Gasteiger partial charge in [-0.05, 0) is 56.9 Å². The lowest BCUT2D eigenvalue weighted by molar-refractivity contribution is 0.00232. The van der Waals surface area contributed by atoms with Crippen LogP contribution < -0.4 is 9.46 Å². The van der Waals surface area contributed by atoms with Gasteiger partial charge in [0.05, 0.1) is 15.1 Å². The van der Waals surface area contributed by atoms with E-state index in [-0.39, 0.29) is 21.6 Å². The Morgan fingerprint density at radius 2 is 1.63 bits per heavy atom. The second-order valence-electron chi connectivity index (χ2n) is 9.21. The van der Waals surface area contributed by atoms with Crippen LogP contribution in [0.5, 0.6) is 5.75 Å². The molecular formula is C24H28Cl3N3O4S. The molecule has 2 aromatic carbocycles. The number of piperidine rings is 2. The van der Waals surface area contributed by atoms with Crippen molar-refractivity contribution in [2.45, 2.75) is 49.1 Å². The highest BCUT2D eigenvalue weighted by molar-refractivity contribution is 7.90. The van der Waals surface area contributed by atoms with Gasteiger partial charge in [-0.1, -0.05) is 46.9 Å². The Balaban J connectivity index is 1.28. The van der Waals surface area contributed by atoms with Gasteiger partial charge >= 0.3 is 6.03 Å². The number of hydrogen-bond donors (Lipinski definition) is 1. The molecule has 190 valence electrons. The van der Waals surface area contributed by atoms with Crippen LogP contribution in [-0.4, -0.2) is 62.1 Å². The number of urea groups is 1. The Morgan fingerprint density at radius 3 is 2.26 bits per heavy atom. The second-order valence-corrected chi connectivity index (χ2v) is 12.1. The molecule has 0 unspecified atom stereocenters. The summed E-state index contributed by atoms with van der Waals surface area (Å²) in [7, 11) is -4.04. The Morgan fingerprint density at radius 1 is 0.971 bits per heavy atom. The molecule has 35 heavy (non-hydrogen) atoms. The third-order valence-corrected chi connectivity index (χ3v) is 9.43. The summed E-state index contributed by atoms with van der Waals surface area (Å²) in [5.74, 6) is 0.718. The van der Waals surface area contributed by atoms with Gasteiger partial charge in [0.25, 0.3) is 10.0 Å². The van der Waals surface area contributed by atoms with Crippen LogP contribution in [0.1, 0.15) is 32.6 Å². The maximum Gasteiger partial charge on any atom is 0.331 e. The number of nitrogens with zero attached hydrogens (tertiary/aromatic N) is 2. The normalized spacial score (nSPS) is 19.4. The van der Waals surface area contributed by atoms with Gasteiger partial charge in [-0.3, -0.25) is 4.90 Å². The smallest absolute Gasteiger partial charge is 0.331 e. The summed E-state index contributed by atoms with van der Waals surface area (Å²) in [5, 5.41) is 1.05. The molecule has 0 atom stereocenters. The first-order valence-electron chi connectivity index (χ1n) is 11.5. The van der Waals surface area contributed by atoms with E-state index in [1.165, 1.54) is 12.1 Å². The molecule has 4 rings (SSSR count). The van der Waals surface area contributed by atoms with Gasteiger partial charge in [-0.15, -0.1) is 0 Å². The zero-order chi connectivity index (χ0) is 25.2. The maximum absolute atomic E-state index is 12.7. The third kappa shape index (κ3) is 6.17. The van der Waals surface area contributed by atoms with Gasteiger partial charge < -0.3 is 9.64 Å². The van der Waals surface area contributed by atoms with Gasteiger partial charge in [0.1, 0.15) is 16.7 Å². The molecule has 2 heterocycles. The molecule has 2 fully saturated rings. The van der Waals surface area contributed by atoms with E-state index in [0.717, 1.165) is 44.5 Å². The number of sulfonamides is 1. The number of rotatable bonds is 5. The minimum Gasteiger partial charge on any atom is -0.490 e. The first-order valence-corrected chi connectivity index (χ1v) is 14.1. The highest BCUT2D eigenvalue weighted by atomic mass is 35.5. The van der Waals surface area contributed by atoms with Crippen LogP contribution in [0.3, 0.4) is 0 Å². The van der Waals surface area contributed by atoms with Crippen LogP contribution in [0.15, 0.2) is 47.4 Å². The van der Waals surface area contributed by atoms with Crippen molar-refractivity contribution in [1.82, 2.24) is 14.5 Å². The van der Waals surface area contributed by atoms with Crippen molar-refractivity contribution in [2.75, 3.05) is 26.2 Å².